The molecule has 2 atom stereocenters. The molecular formula is C13H18ClNO2. The minimum Gasteiger partial charge on any atom is -0.506 e. The maximum atomic E-state index is 9.78. The molecule has 17 heavy (non-hydrogen) atoms. The lowest BCUT2D eigenvalue weighted by molar-refractivity contribution is 0.0130. The van der Waals surface area contributed by atoms with Crippen LogP contribution in [0.1, 0.15) is 25.3 Å². The second-order valence-corrected chi connectivity index (χ2v) is 4.94. The van der Waals surface area contributed by atoms with Crippen LogP contribution in [0.4, 0.5) is 0 Å². The highest BCUT2D eigenvalue weighted by Crippen LogP contribution is 2.27. The molecule has 0 radical (unpaired) electrons. The normalized spacial score (nSPS) is 24.8. The number of phenols is 1. The van der Waals surface area contributed by atoms with E-state index < -0.39 is 0 Å². The zero-order valence-electron chi connectivity index (χ0n) is 9.95. The van der Waals surface area contributed by atoms with Crippen LogP contribution < -0.4 is 5.32 Å². The van der Waals surface area contributed by atoms with Gasteiger partial charge in [0.25, 0.3) is 0 Å². The van der Waals surface area contributed by atoms with Gasteiger partial charge in [0, 0.05) is 24.8 Å². The van der Waals surface area contributed by atoms with Crippen molar-refractivity contribution in [2.45, 2.75) is 38.5 Å². The van der Waals surface area contributed by atoms with Crippen molar-refractivity contribution in [2.24, 2.45) is 0 Å². The first-order valence-corrected chi connectivity index (χ1v) is 6.36. The number of nitrogens with one attached hydrogen (secondary N) is 1. The Balaban J connectivity index is 1.91. The Hall–Kier alpha value is -0.770. The van der Waals surface area contributed by atoms with Crippen molar-refractivity contribution in [3.63, 3.8) is 0 Å². The van der Waals surface area contributed by atoms with E-state index in [1.54, 1.807) is 6.07 Å². The van der Waals surface area contributed by atoms with Gasteiger partial charge >= 0.3 is 0 Å². The predicted octanol–water partition coefficient (Wildman–Crippen LogP) is 2.70. The molecule has 1 aromatic rings. The van der Waals surface area contributed by atoms with Crippen molar-refractivity contribution in [2.75, 3.05) is 6.61 Å². The van der Waals surface area contributed by atoms with E-state index in [4.69, 9.17) is 16.3 Å². The first-order valence-electron chi connectivity index (χ1n) is 5.98. The molecule has 1 aliphatic rings. The minimum atomic E-state index is 0.182. The van der Waals surface area contributed by atoms with Gasteiger partial charge in [-0.2, -0.15) is 0 Å². The summed E-state index contributed by atoms with van der Waals surface area (Å²) in [7, 11) is 0. The van der Waals surface area contributed by atoms with Gasteiger partial charge in [0.05, 0.1) is 11.1 Å². The molecule has 1 aliphatic heterocycles. The highest BCUT2D eigenvalue weighted by Gasteiger charge is 2.19. The minimum absolute atomic E-state index is 0.182. The van der Waals surface area contributed by atoms with Gasteiger partial charge in [-0.3, -0.25) is 0 Å². The topological polar surface area (TPSA) is 41.5 Å². The molecule has 2 rings (SSSR count). The maximum absolute atomic E-state index is 9.78. The summed E-state index contributed by atoms with van der Waals surface area (Å²) >= 11 is 5.86. The number of phenolic OH excluding ortho intramolecular Hbond substituents is 1. The fraction of sp³-hybridized carbons (Fsp3) is 0.538. The molecule has 94 valence electrons. The standard InChI is InChI=1S/C13H18ClNO2/c1-9-7-11(5-6-17-9)15-8-10-3-2-4-12(14)13(10)16/h2-4,9,11,15-16H,5-8H2,1H3. The van der Waals surface area contributed by atoms with Crippen LogP contribution in [0, 0.1) is 0 Å². The van der Waals surface area contributed by atoms with Crippen molar-refractivity contribution in [3.8, 4) is 5.75 Å². The van der Waals surface area contributed by atoms with E-state index in [1.165, 1.54) is 0 Å². The molecule has 1 heterocycles. The van der Waals surface area contributed by atoms with Crippen molar-refractivity contribution in [1.82, 2.24) is 5.32 Å². The van der Waals surface area contributed by atoms with Gasteiger partial charge in [-0.25, -0.2) is 0 Å². The molecule has 0 spiro atoms. The average molecular weight is 256 g/mol. The number of hydrogen-bond acceptors (Lipinski definition) is 3. The highest BCUT2D eigenvalue weighted by atomic mass is 35.5. The molecule has 4 heteroatoms. The molecule has 1 aromatic carbocycles. The summed E-state index contributed by atoms with van der Waals surface area (Å²) < 4.78 is 5.49. The van der Waals surface area contributed by atoms with E-state index in [1.807, 2.05) is 12.1 Å². The average Bonchev–Trinajstić information content (AvgIpc) is 2.31. The molecule has 1 fully saturated rings. The summed E-state index contributed by atoms with van der Waals surface area (Å²) in [6, 6.07) is 5.89. The van der Waals surface area contributed by atoms with Gasteiger partial charge in [0.15, 0.2) is 0 Å². The van der Waals surface area contributed by atoms with Crippen LogP contribution in [0.3, 0.4) is 0 Å². The summed E-state index contributed by atoms with van der Waals surface area (Å²) in [4.78, 5) is 0. The monoisotopic (exact) mass is 255 g/mol. The van der Waals surface area contributed by atoms with E-state index in [-0.39, 0.29) is 5.75 Å². The second-order valence-electron chi connectivity index (χ2n) is 4.53. The van der Waals surface area contributed by atoms with E-state index in [9.17, 15) is 5.11 Å². The van der Waals surface area contributed by atoms with E-state index in [0.29, 0.717) is 23.7 Å². The largest absolute Gasteiger partial charge is 0.506 e. The Labute approximate surface area is 107 Å². The lowest BCUT2D eigenvalue weighted by atomic mass is 10.0. The molecule has 2 N–H and O–H groups in total. The van der Waals surface area contributed by atoms with Crippen LogP contribution >= 0.6 is 11.6 Å². The van der Waals surface area contributed by atoms with Gasteiger partial charge in [-0.05, 0) is 25.8 Å². The van der Waals surface area contributed by atoms with Crippen molar-refractivity contribution in [1.29, 1.82) is 0 Å². The Morgan fingerprint density at radius 2 is 2.35 bits per heavy atom. The third-order valence-corrected chi connectivity index (χ3v) is 3.44. The molecule has 0 aromatic heterocycles. The second kappa shape index (κ2) is 5.71. The number of aromatic hydroxyl groups is 1. The Bertz CT molecular complexity index is 384. The first kappa shape index (κ1) is 12.7. The van der Waals surface area contributed by atoms with Crippen LogP contribution in [0.25, 0.3) is 0 Å². The Kier molecular flexibility index (Phi) is 4.26. The molecule has 0 saturated carbocycles. The predicted molar refractivity (Wildman–Crippen MR) is 68.4 cm³/mol. The lowest BCUT2D eigenvalue weighted by Gasteiger charge is -2.28. The van der Waals surface area contributed by atoms with Crippen LogP contribution in [-0.2, 0) is 11.3 Å². The zero-order chi connectivity index (χ0) is 12.3. The van der Waals surface area contributed by atoms with E-state index >= 15 is 0 Å². The van der Waals surface area contributed by atoms with Crippen LogP contribution in [0.2, 0.25) is 5.02 Å². The van der Waals surface area contributed by atoms with Crippen LogP contribution in [0.5, 0.6) is 5.75 Å². The summed E-state index contributed by atoms with van der Waals surface area (Å²) in [5.74, 6) is 0.182. The number of para-hydroxylation sites is 1. The summed E-state index contributed by atoms with van der Waals surface area (Å²) in [5, 5.41) is 13.6. The molecule has 1 saturated heterocycles. The quantitative estimate of drug-likeness (QED) is 0.873. The Morgan fingerprint density at radius 1 is 1.53 bits per heavy atom. The Morgan fingerprint density at radius 3 is 3.12 bits per heavy atom. The molecule has 0 bridgehead atoms. The molecule has 0 amide bonds. The third-order valence-electron chi connectivity index (χ3n) is 3.14. The number of halogens is 1. The highest BCUT2D eigenvalue weighted by molar-refractivity contribution is 6.32. The van der Waals surface area contributed by atoms with Crippen molar-refractivity contribution < 1.29 is 9.84 Å². The number of rotatable bonds is 3. The van der Waals surface area contributed by atoms with Crippen LogP contribution in [0.15, 0.2) is 18.2 Å². The van der Waals surface area contributed by atoms with E-state index in [2.05, 4.69) is 12.2 Å². The van der Waals surface area contributed by atoms with Gasteiger partial charge < -0.3 is 15.2 Å². The SMILES string of the molecule is CC1CC(NCc2cccc(Cl)c2O)CCO1. The van der Waals surface area contributed by atoms with Crippen molar-refractivity contribution >= 4 is 11.6 Å². The summed E-state index contributed by atoms with van der Waals surface area (Å²) in [6.07, 6.45) is 2.35. The van der Waals surface area contributed by atoms with Gasteiger partial charge in [-0.1, -0.05) is 23.7 Å². The number of benzene rings is 1. The smallest absolute Gasteiger partial charge is 0.138 e. The third kappa shape index (κ3) is 3.35. The molecular weight excluding hydrogens is 238 g/mol. The number of hydrogen-bond donors (Lipinski definition) is 2. The van der Waals surface area contributed by atoms with Crippen molar-refractivity contribution in [3.05, 3.63) is 28.8 Å². The lowest BCUT2D eigenvalue weighted by Crippen LogP contribution is -2.37. The fourth-order valence-electron chi connectivity index (χ4n) is 2.14. The summed E-state index contributed by atoms with van der Waals surface area (Å²) in [5.41, 5.74) is 0.844. The van der Waals surface area contributed by atoms with Gasteiger partial charge in [0.1, 0.15) is 5.75 Å². The molecule has 2 unspecified atom stereocenters. The number of ether oxygens (including phenoxy) is 1. The molecule has 0 aliphatic carbocycles. The first-order chi connectivity index (χ1) is 8.16. The van der Waals surface area contributed by atoms with E-state index in [0.717, 1.165) is 25.0 Å². The van der Waals surface area contributed by atoms with Crippen LogP contribution in [-0.4, -0.2) is 23.9 Å². The maximum Gasteiger partial charge on any atom is 0.138 e. The summed E-state index contributed by atoms with van der Waals surface area (Å²) in [6.45, 7) is 3.54. The van der Waals surface area contributed by atoms with Gasteiger partial charge in [-0.15, -0.1) is 0 Å². The fourth-order valence-corrected chi connectivity index (χ4v) is 2.33. The van der Waals surface area contributed by atoms with Gasteiger partial charge in [0.2, 0.25) is 0 Å². The zero-order valence-corrected chi connectivity index (χ0v) is 10.7. The molecule has 3 nitrogen and oxygen atoms in total.